The maximum atomic E-state index is 11.1. The van der Waals surface area contributed by atoms with Crippen LogP contribution < -0.4 is 0 Å². The molecule has 4 aliphatic carbocycles. The second-order valence-electron chi connectivity index (χ2n) is 12.3. The molecule has 5 rings (SSSR count). The number of aryl methyl sites for hydroxylation is 1. The number of thiazole rings is 1. The zero-order valence-corrected chi connectivity index (χ0v) is 22.9. The van der Waals surface area contributed by atoms with Gasteiger partial charge in [-0.05, 0) is 92.6 Å². The molecule has 36 heavy (non-hydrogen) atoms. The van der Waals surface area contributed by atoms with E-state index in [2.05, 4.69) is 56.6 Å². The molecular weight excluding hydrogens is 466 g/mol. The van der Waals surface area contributed by atoms with Gasteiger partial charge in [0.15, 0.2) is 0 Å². The highest BCUT2D eigenvalue weighted by Gasteiger charge is 2.53. The first-order valence-electron chi connectivity index (χ1n) is 13.9. The summed E-state index contributed by atoms with van der Waals surface area (Å²) in [6.45, 7) is 11.0. The summed E-state index contributed by atoms with van der Waals surface area (Å²) in [6, 6.07) is 0. The first-order chi connectivity index (χ1) is 17.1. The molecule has 0 saturated heterocycles. The van der Waals surface area contributed by atoms with Gasteiger partial charge in [0.2, 0.25) is 0 Å². The molecule has 0 aliphatic heterocycles. The fraction of sp³-hybridized carbons (Fsp3) is 0.645. The number of aromatic nitrogens is 1. The van der Waals surface area contributed by atoms with Crippen molar-refractivity contribution in [1.29, 1.82) is 0 Å². The maximum absolute atomic E-state index is 11.1. The van der Waals surface area contributed by atoms with E-state index in [9.17, 15) is 15.3 Å². The van der Waals surface area contributed by atoms with E-state index < -0.39 is 18.3 Å². The van der Waals surface area contributed by atoms with Gasteiger partial charge >= 0.3 is 0 Å². The smallest absolute Gasteiger partial charge is 0.102 e. The third-order valence-corrected chi connectivity index (χ3v) is 11.1. The van der Waals surface area contributed by atoms with Gasteiger partial charge in [0.1, 0.15) is 5.01 Å². The molecule has 0 radical (unpaired) electrons. The average Bonchev–Trinajstić information content (AvgIpc) is 3.41. The zero-order chi connectivity index (χ0) is 25.7. The maximum Gasteiger partial charge on any atom is 0.102 e. The molecule has 0 aromatic carbocycles. The summed E-state index contributed by atoms with van der Waals surface area (Å²) < 4.78 is 0. The Morgan fingerprint density at radius 3 is 2.64 bits per heavy atom. The van der Waals surface area contributed by atoms with Crippen molar-refractivity contribution in [3.8, 4) is 0 Å². The number of rotatable bonds is 6. The summed E-state index contributed by atoms with van der Waals surface area (Å²) >= 11 is 1.73. The Bertz CT molecular complexity index is 1080. The van der Waals surface area contributed by atoms with Crippen LogP contribution in [-0.4, -0.2) is 38.6 Å². The molecule has 4 saturated carbocycles. The van der Waals surface area contributed by atoms with Crippen molar-refractivity contribution in [3.63, 3.8) is 0 Å². The van der Waals surface area contributed by atoms with Gasteiger partial charge in [-0.15, -0.1) is 11.3 Å². The Labute approximate surface area is 220 Å². The fourth-order valence-corrected chi connectivity index (χ4v) is 8.61. The van der Waals surface area contributed by atoms with Gasteiger partial charge in [0.05, 0.1) is 23.7 Å². The van der Waals surface area contributed by atoms with Crippen LogP contribution in [0.1, 0.15) is 81.5 Å². The van der Waals surface area contributed by atoms with E-state index in [0.29, 0.717) is 30.6 Å². The van der Waals surface area contributed by atoms with Crippen molar-refractivity contribution >= 4 is 11.3 Å². The first kappa shape index (κ1) is 26.1. The van der Waals surface area contributed by atoms with Gasteiger partial charge in [-0.1, -0.05) is 50.3 Å². The van der Waals surface area contributed by atoms with Crippen molar-refractivity contribution in [3.05, 3.63) is 63.7 Å². The lowest BCUT2D eigenvalue weighted by Crippen LogP contribution is -2.35. The summed E-state index contributed by atoms with van der Waals surface area (Å²) in [6.07, 6.45) is 18.1. The van der Waals surface area contributed by atoms with E-state index in [1.165, 1.54) is 36.1 Å². The van der Waals surface area contributed by atoms with Gasteiger partial charge in [-0.3, -0.25) is 0 Å². The molecular formula is C31H43NO3S. The highest BCUT2D eigenvalue weighted by atomic mass is 32.1. The molecule has 1 aromatic rings. The minimum atomic E-state index is -0.636. The Morgan fingerprint density at radius 1 is 1.17 bits per heavy atom. The number of fused-ring (bicyclic) bond motifs is 1. The molecule has 5 heteroatoms. The number of aliphatic hydroxyl groups is 3. The third-order valence-electron chi connectivity index (χ3n) is 9.94. The second kappa shape index (κ2) is 9.98. The molecule has 0 unspecified atom stereocenters. The summed E-state index contributed by atoms with van der Waals surface area (Å²) in [7, 11) is 0. The van der Waals surface area contributed by atoms with Crippen molar-refractivity contribution in [2.75, 3.05) is 0 Å². The number of allylic oxidation sites excluding steroid dienone is 4. The molecule has 3 N–H and O–H groups in total. The topological polar surface area (TPSA) is 73.6 Å². The molecule has 4 nitrogen and oxygen atoms in total. The standard InChI is InChI=1S/C31H43NO3S/c1-19(7-12-28(35)31(14-15-31)29-32-18-20(2)36-29)25-10-11-26-22(6-5-13-30(25,26)4)8-9-23-16-24(33)17-27(34)21(23)3/h7-9,12,18-19,24-28,33-35H,3,5-6,10-11,13-17H2,1-2,4H3/b12-7+,22-8+,23-9-/t19-,24+,25+,26-,27-,28+,30+/m0/s1. The SMILES string of the molecule is C=C1/C(=C\C=C2/CCC[C@]3(C)[C@@H]([C@@H](C)/C=C/[C@@H](O)C4(c5ncc(C)s5)CC4)CC[C@@H]23)C[C@@H](O)C[C@@H]1O. The molecule has 0 spiro atoms. The number of hydrogen-bond acceptors (Lipinski definition) is 5. The number of aliphatic hydroxyl groups excluding tert-OH is 3. The van der Waals surface area contributed by atoms with Crippen molar-refractivity contribution < 1.29 is 15.3 Å². The van der Waals surface area contributed by atoms with Gasteiger partial charge in [0.25, 0.3) is 0 Å². The van der Waals surface area contributed by atoms with E-state index in [-0.39, 0.29) is 10.8 Å². The van der Waals surface area contributed by atoms with Gasteiger partial charge in [-0.25, -0.2) is 4.98 Å². The Hall–Kier alpha value is -1.53. The average molecular weight is 510 g/mol. The molecule has 4 fully saturated rings. The lowest BCUT2D eigenvalue weighted by molar-refractivity contribution is 0.0862. The van der Waals surface area contributed by atoms with Gasteiger partial charge in [0, 0.05) is 17.5 Å². The van der Waals surface area contributed by atoms with Crippen LogP contribution in [0.15, 0.2) is 53.8 Å². The van der Waals surface area contributed by atoms with Crippen LogP contribution in [0.4, 0.5) is 0 Å². The van der Waals surface area contributed by atoms with Crippen LogP contribution >= 0.6 is 11.3 Å². The van der Waals surface area contributed by atoms with Crippen molar-refractivity contribution in [2.24, 2.45) is 23.2 Å². The third kappa shape index (κ3) is 4.73. The Balaban J connectivity index is 1.29. The molecule has 196 valence electrons. The predicted molar refractivity (Wildman–Crippen MR) is 147 cm³/mol. The molecule has 1 aromatic heterocycles. The minimum Gasteiger partial charge on any atom is -0.393 e. The number of nitrogens with zero attached hydrogens (tertiary/aromatic N) is 1. The summed E-state index contributed by atoms with van der Waals surface area (Å²) in [5.74, 6) is 1.60. The Morgan fingerprint density at radius 2 is 1.94 bits per heavy atom. The highest BCUT2D eigenvalue weighted by molar-refractivity contribution is 7.11. The van der Waals surface area contributed by atoms with Crippen LogP contribution in [0.3, 0.4) is 0 Å². The molecule has 0 bridgehead atoms. The molecule has 4 aliphatic rings. The zero-order valence-electron chi connectivity index (χ0n) is 22.1. The van der Waals surface area contributed by atoms with E-state index in [4.69, 9.17) is 0 Å². The fourth-order valence-electron chi connectivity index (χ4n) is 7.56. The normalized spacial score (nSPS) is 38.0. The van der Waals surface area contributed by atoms with Crippen molar-refractivity contribution in [2.45, 2.75) is 102 Å². The van der Waals surface area contributed by atoms with Crippen LogP contribution in [0, 0.1) is 30.1 Å². The predicted octanol–water partition coefficient (Wildman–Crippen LogP) is 6.18. The van der Waals surface area contributed by atoms with Crippen LogP contribution in [0.2, 0.25) is 0 Å². The molecule has 7 atom stereocenters. The van der Waals surface area contributed by atoms with Crippen LogP contribution in [0.5, 0.6) is 0 Å². The lowest BCUT2D eigenvalue weighted by Gasteiger charge is -2.44. The summed E-state index contributed by atoms with van der Waals surface area (Å²) in [5.41, 5.74) is 3.39. The van der Waals surface area contributed by atoms with Crippen molar-refractivity contribution in [1.82, 2.24) is 4.98 Å². The minimum absolute atomic E-state index is 0.157. The van der Waals surface area contributed by atoms with Crippen LogP contribution in [-0.2, 0) is 5.41 Å². The summed E-state index contributed by atoms with van der Waals surface area (Å²) in [5, 5.41) is 32.5. The van der Waals surface area contributed by atoms with E-state index in [1.54, 1.807) is 11.3 Å². The van der Waals surface area contributed by atoms with E-state index in [1.807, 2.05) is 6.20 Å². The molecule has 1 heterocycles. The van der Waals surface area contributed by atoms with Gasteiger partial charge < -0.3 is 15.3 Å². The van der Waals surface area contributed by atoms with E-state index in [0.717, 1.165) is 35.4 Å². The largest absolute Gasteiger partial charge is 0.393 e. The highest BCUT2D eigenvalue weighted by Crippen LogP contribution is 2.60. The quantitative estimate of drug-likeness (QED) is 0.401. The van der Waals surface area contributed by atoms with E-state index >= 15 is 0 Å². The van der Waals surface area contributed by atoms with Gasteiger partial charge in [-0.2, -0.15) is 0 Å². The first-order valence-corrected chi connectivity index (χ1v) is 14.7. The second-order valence-corrected chi connectivity index (χ2v) is 13.5. The number of hydrogen-bond donors (Lipinski definition) is 3. The monoisotopic (exact) mass is 509 g/mol. The summed E-state index contributed by atoms with van der Waals surface area (Å²) in [4.78, 5) is 5.80. The van der Waals surface area contributed by atoms with Crippen LogP contribution in [0.25, 0.3) is 0 Å². The molecule has 0 amide bonds. The Kier molecular flexibility index (Phi) is 7.23. The lowest BCUT2D eigenvalue weighted by atomic mass is 9.61.